The molecule has 0 bridgehead atoms. The number of rotatable bonds is 1. The first-order chi connectivity index (χ1) is 6.68. The van der Waals surface area contributed by atoms with Gasteiger partial charge in [-0.05, 0) is 40.3 Å². The van der Waals surface area contributed by atoms with E-state index in [9.17, 15) is 9.18 Å². The summed E-state index contributed by atoms with van der Waals surface area (Å²) in [6.45, 7) is 0. The minimum atomic E-state index is -0.495. The van der Waals surface area contributed by atoms with Crippen LogP contribution in [0.4, 0.5) is 4.39 Å². The topological polar surface area (TPSA) is 46.0 Å². The fourth-order valence-corrected chi connectivity index (χ4v) is 1.46. The summed E-state index contributed by atoms with van der Waals surface area (Å²) in [4.78, 5) is 11.1. The second kappa shape index (κ2) is 3.56. The van der Waals surface area contributed by atoms with Crippen molar-refractivity contribution >= 4 is 22.6 Å². The minimum absolute atomic E-state index is 0.334. The summed E-state index contributed by atoms with van der Waals surface area (Å²) in [7, 11) is 0. The molecule has 14 heavy (non-hydrogen) atoms. The second-order valence-corrected chi connectivity index (χ2v) is 3.86. The predicted octanol–water partition coefficient (Wildman–Crippen LogP) is 2.38. The van der Waals surface area contributed by atoms with Crippen molar-refractivity contribution < 1.29 is 8.91 Å². The SMILES string of the molecule is O=c1o[nH]cc1-c1ccc(I)c(F)c1. The molecule has 0 fully saturated rings. The Morgan fingerprint density at radius 3 is 2.79 bits per heavy atom. The van der Waals surface area contributed by atoms with Gasteiger partial charge in [0, 0.05) is 3.57 Å². The Bertz CT molecular complexity index is 518. The molecule has 72 valence electrons. The Labute approximate surface area is 92.0 Å². The smallest absolute Gasteiger partial charge is 0.338 e. The molecule has 0 unspecified atom stereocenters. The highest BCUT2D eigenvalue weighted by molar-refractivity contribution is 14.1. The third kappa shape index (κ3) is 1.59. The van der Waals surface area contributed by atoms with Gasteiger partial charge >= 0.3 is 5.63 Å². The second-order valence-electron chi connectivity index (χ2n) is 2.69. The number of aromatic nitrogens is 1. The molecule has 0 radical (unpaired) electrons. The minimum Gasteiger partial charge on any atom is -0.338 e. The average molecular weight is 305 g/mol. The van der Waals surface area contributed by atoms with Gasteiger partial charge in [-0.15, -0.1) is 0 Å². The van der Waals surface area contributed by atoms with E-state index in [0.717, 1.165) is 0 Å². The van der Waals surface area contributed by atoms with E-state index in [1.54, 1.807) is 12.1 Å². The fourth-order valence-electron chi connectivity index (χ4n) is 1.12. The van der Waals surface area contributed by atoms with Crippen molar-refractivity contribution in [1.29, 1.82) is 0 Å². The molecule has 0 amide bonds. The molecule has 1 heterocycles. The van der Waals surface area contributed by atoms with Gasteiger partial charge in [-0.1, -0.05) is 6.07 Å². The van der Waals surface area contributed by atoms with Crippen molar-refractivity contribution in [1.82, 2.24) is 5.16 Å². The van der Waals surface area contributed by atoms with Crippen molar-refractivity contribution in [3.8, 4) is 11.1 Å². The first kappa shape index (κ1) is 9.45. The largest absolute Gasteiger partial charge is 0.364 e. The Kier molecular flexibility index (Phi) is 2.40. The quantitative estimate of drug-likeness (QED) is 0.822. The van der Waals surface area contributed by atoms with Gasteiger partial charge in [-0.2, -0.15) is 0 Å². The fraction of sp³-hybridized carbons (Fsp3) is 0. The summed E-state index contributed by atoms with van der Waals surface area (Å²) in [6.07, 6.45) is 1.41. The number of nitrogens with one attached hydrogen (secondary N) is 1. The number of halogens is 2. The molecule has 0 aliphatic carbocycles. The molecule has 0 saturated carbocycles. The molecule has 1 aromatic carbocycles. The van der Waals surface area contributed by atoms with E-state index in [1.165, 1.54) is 12.3 Å². The van der Waals surface area contributed by atoms with Crippen LogP contribution in [0.1, 0.15) is 0 Å². The van der Waals surface area contributed by atoms with Gasteiger partial charge in [0.25, 0.3) is 0 Å². The van der Waals surface area contributed by atoms with Crippen molar-refractivity contribution in [2.24, 2.45) is 0 Å². The maximum absolute atomic E-state index is 13.2. The van der Waals surface area contributed by atoms with E-state index in [2.05, 4.69) is 9.68 Å². The van der Waals surface area contributed by atoms with Gasteiger partial charge in [-0.3, -0.25) is 0 Å². The van der Waals surface area contributed by atoms with Crippen molar-refractivity contribution in [2.75, 3.05) is 0 Å². The van der Waals surface area contributed by atoms with Crippen LogP contribution in [0.3, 0.4) is 0 Å². The lowest BCUT2D eigenvalue weighted by atomic mass is 10.1. The van der Waals surface area contributed by atoms with Gasteiger partial charge in [0.2, 0.25) is 0 Å². The highest BCUT2D eigenvalue weighted by atomic mass is 127. The van der Waals surface area contributed by atoms with Crippen LogP contribution in [0.2, 0.25) is 0 Å². The molecule has 1 aromatic heterocycles. The summed E-state index contributed by atoms with van der Waals surface area (Å²) < 4.78 is 18.2. The number of H-pyrrole nitrogens is 1. The highest BCUT2D eigenvalue weighted by Crippen LogP contribution is 2.19. The summed E-state index contributed by atoms with van der Waals surface area (Å²) in [5, 5.41) is 2.32. The molecular weight excluding hydrogens is 300 g/mol. The first-order valence-corrected chi connectivity index (χ1v) is 4.88. The van der Waals surface area contributed by atoms with Crippen molar-refractivity contribution in [3.05, 3.63) is 44.2 Å². The lowest BCUT2D eigenvalue weighted by Crippen LogP contribution is -1.96. The van der Waals surface area contributed by atoms with Gasteiger partial charge in [0.15, 0.2) is 0 Å². The summed E-state index contributed by atoms with van der Waals surface area (Å²) in [5.41, 5.74) is 0.351. The van der Waals surface area contributed by atoms with E-state index in [4.69, 9.17) is 0 Å². The number of hydrogen-bond donors (Lipinski definition) is 1. The molecule has 2 rings (SSSR count). The molecule has 2 aromatic rings. The maximum atomic E-state index is 13.2. The number of benzene rings is 1. The monoisotopic (exact) mass is 305 g/mol. The Morgan fingerprint density at radius 2 is 2.21 bits per heavy atom. The molecule has 0 spiro atoms. The van der Waals surface area contributed by atoms with Crippen LogP contribution < -0.4 is 5.63 Å². The Balaban J connectivity index is 2.59. The van der Waals surface area contributed by atoms with Crippen LogP contribution >= 0.6 is 22.6 Å². The van der Waals surface area contributed by atoms with Crippen LogP contribution in [0.25, 0.3) is 11.1 Å². The van der Waals surface area contributed by atoms with E-state index < -0.39 is 5.63 Å². The van der Waals surface area contributed by atoms with Gasteiger partial charge in [0.05, 0.1) is 11.8 Å². The zero-order valence-corrected chi connectivity index (χ0v) is 9.04. The zero-order chi connectivity index (χ0) is 10.1. The maximum Gasteiger partial charge on any atom is 0.364 e. The Morgan fingerprint density at radius 1 is 1.43 bits per heavy atom. The molecule has 0 aliphatic rings. The molecule has 0 aliphatic heterocycles. The summed E-state index contributed by atoms with van der Waals surface area (Å²) in [5.74, 6) is -0.344. The average Bonchev–Trinajstić information content (AvgIpc) is 2.57. The normalized spacial score (nSPS) is 10.4. The molecule has 0 saturated heterocycles. The van der Waals surface area contributed by atoms with Gasteiger partial charge < -0.3 is 4.52 Å². The zero-order valence-electron chi connectivity index (χ0n) is 6.88. The van der Waals surface area contributed by atoms with Gasteiger partial charge in [-0.25, -0.2) is 14.3 Å². The van der Waals surface area contributed by atoms with Gasteiger partial charge in [0.1, 0.15) is 5.82 Å². The Hall–Kier alpha value is -1.11. The molecule has 0 atom stereocenters. The third-order valence-electron chi connectivity index (χ3n) is 1.81. The van der Waals surface area contributed by atoms with Crippen molar-refractivity contribution in [3.63, 3.8) is 0 Å². The predicted molar refractivity (Wildman–Crippen MR) is 57.4 cm³/mol. The lowest BCUT2D eigenvalue weighted by Gasteiger charge is -1.97. The first-order valence-electron chi connectivity index (χ1n) is 3.81. The number of aromatic amines is 1. The van der Waals surface area contributed by atoms with E-state index in [-0.39, 0.29) is 5.82 Å². The van der Waals surface area contributed by atoms with E-state index in [0.29, 0.717) is 14.7 Å². The van der Waals surface area contributed by atoms with Crippen LogP contribution in [0.15, 0.2) is 33.7 Å². The lowest BCUT2D eigenvalue weighted by molar-refractivity contribution is 0.392. The van der Waals surface area contributed by atoms with Crippen LogP contribution in [0.5, 0.6) is 0 Å². The molecule has 5 heteroatoms. The summed E-state index contributed by atoms with van der Waals surface area (Å²) >= 11 is 1.88. The van der Waals surface area contributed by atoms with Crippen LogP contribution in [0, 0.1) is 9.39 Å². The highest BCUT2D eigenvalue weighted by Gasteiger charge is 2.08. The molecule has 1 N–H and O–H groups in total. The number of hydrogen-bond acceptors (Lipinski definition) is 2. The van der Waals surface area contributed by atoms with E-state index >= 15 is 0 Å². The standard InChI is InChI=1S/C9H5FINO2/c10-7-3-5(1-2-8(7)11)6-4-12-14-9(6)13/h1-4,12H. The van der Waals surface area contributed by atoms with Crippen LogP contribution in [-0.4, -0.2) is 5.16 Å². The molecule has 3 nitrogen and oxygen atoms in total. The third-order valence-corrected chi connectivity index (χ3v) is 2.68. The summed E-state index contributed by atoms with van der Waals surface area (Å²) in [6, 6.07) is 4.59. The van der Waals surface area contributed by atoms with E-state index in [1.807, 2.05) is 22.6 Å². The van der Waals surface area contributed by atoms with Crippen molar-refractivity contribution in [2.45, 2.75) is 0 Å². The van der Waals surface area contributed by atoms with Crippen LogP contribution in [-0.2, 0) is 0 Å². The molecular formula is C9H5FINO2.